The van der Waals surface area contributed by atoms with Crippen LogP contribution in [0, 0.1) is 0 Å². The Morgan fingerprint density at radius 2 is 1.55 bits per heavy atom. The fourth-order valence-electron chi connectivity index (χ4n) is 2.22. The van der Waals surface area contributed by atoms with E-state index in [1.807, 2.05) is 50.3 Å². The summed E-state index contributed by atoms with van der Waals surface area (Å²) in [6, 6.07) is 9.69. The maximum atomic E-state index is 12.4. The average Bonchev–Trinajstić information content (AvgIpc) is 2.52. The zero-order valence-corrected chi connectivity index (χ0v) is 13.5. The van der Waals surface area contributed by atoms with Gasteiger partial charge in [0.2, 0.25) is 0 Å². The van der Waals surface area contributed by atoms with Crippen LogP contribution in [-0.2, 0) is 9.59 Å². The summed E-state index contributed by atoms with van der Waals surface area (Å²) in [6.45, 7) is 4.57. The lowest BCUT2D eigenvalue weighted by molar-refractivity contribution is -0.133. The highest BCUT2D eigenvalue weighted by atomic mass is 32.1. The Balaban J connectivity index is 2.29. The Bertz CT molecular complexity index is 622. The molecule has 5 heteroatoms. The van der Waals surface area contributed by atoms with Gasteiger partial charge in [-0.15, -0.1) is 0 Å². The molecule has 0 N–H and O–H groups in total. The van der Waals surface area contributed by atoms with Crippen molar-refractivity contribution in [3.8, 4) is 0 Å². The van der Waals surface area contributed by atoms with Crippen LogP contribution in [0.2, 0.25) is 0 Å². The highest BCUT2D eigenvalue weighted by Gasteiger charge is 2.37. The zero-order valence-electron chi connectivity index (χ0n) is 12.7. The molecule has 4 nitrogen and oxygen atoms in total. The van der Waals surface area contributed by atoms with Gasteiger partial charge in [0, 0.05) is 13.1 Å². The lowest BCUT2D eigenvalue weighted by Gasteiger charge is -2.35. The first-order chi connectivity index (χ1) is 10.6. The van der Waals surface area contributed by atoms with Crippen molar-refractivity contribution in [2.24, 2.45) is 0 Å². The summed E-state index contributed by atoms with van der Waals surface area (Å²) in [6.07, 6.45) is 5.13. The summed E-state index contributed by atoms with van der Waals surface area (Å²) in [4.78, 5) is 27.6. The van der Waals surface area contributed by atoms with Crippen LogP contribution in [0.5, 0.6) is 0 Å². The third-order valence-corrected chi connectivity index (χ3v) is 3.84. The molecule has 1 heterocycles. The Morgan fingerprint density at radius 1 is 1.00 bits per heavy atom. The fourth-order valence-corrected chi connectivity index (χ4v) is 2.65. The SMILES string of the molecule is CCN1C(=O)C(=C/C=C/c2ccccc2)C(=O)N(CC)C1=S. The van der Waals surface area contributed by atoms with Gasteiger partial charge < -0.3 is 0 Å². The van der Waals surface area contributed by atoms with Crippen LogP contribution in [0.1, 0.15) is 19.4 Å². The Kier molecular flexibility index (Phi) is 5.22. The molecule has 1 fully saturated rings. The van der Waals surface area contributed by atoms with Crippen molar-refractivity contribution in [2.45, 2.75) is 13.8 Å². The second-order valence-electron chi connectivity index (χ2n) is 4.73. The van der Waals surface area contributed by atoms with Crippen LogP contribution in [0.25, 0.3) is 6.08 Å². The molecule has 1 aliphatic rings. The molecule has 0 atom stereocenters. The van der Waals surface area contributed by atoms with E-state index in [2.05, 4.69) is 0 Å². The van der Waals surface area contributed by atoms with E-state index in [0.29, 0.717) is 13.1 Å². The molecular weight excluding hydrogens is 296 g/mol. The van der Waals surface area contributed by atoms with Crippen molar-refractivity contribution >= 4 is 35.2 Å². The molecule has 2 amide bonds. The van der Waals surface area contributed by atoms with Gasteiger partial charge in [0.1, 0.15) is 5.57 Å². The van der Waals surface area contributed by atoms with Crippen LogP contribution in [0.4, 0.5) is 0 Å². The molecule has 0 radical (unpaired) electrons. The van der Waals surface area contributed by atoms with Gasteiger partial charge in [-0.05, 0) is 37.7 Å². The van der Waals surface area contributed by atoms with Crippen molar-refractivity contribution in [3.63, 3.8) is 0 Å². The summed E-state index contributed by atoms with van der Waals surface area (Å²) in [5.41, 5.74) is 1.15. The van der Waals surface area contributed by atoms with Gasteiger partial charge in [0.15, 0.2) is 5.11 Å². The maximum absolute atomic E-state index is 12.4. The normalized spacial score (nSPS) is 15.9. The van der Waals surface area contributed by atoms with E-state index in [-0.39, 0.29) is 22.5 Å². The largest absolute Gasteiger partial charge is 0.285 e. The number of carbonyl (C=O) groups excluding carboxylic acids is 2. The predicted octanol–water partition coefficient (Wildman–Crippen LogP) is 2.62. The number of nitrogens with zero attached hydrogens (tertiary/aromatic N) is 2. The molecule has 0 spiro atoms. The van der Waals surface area contributed by atoms with Gasteiger partial charge >= 0.3 is 0 Å². The number of carbonyl (C=O) groups is 2. The first-order valence-corrected chi connectivity index (χ1v) is 7.62. The highest BCUT2D eigenvalue weighted by Crippen LogP contribution is 2.17. The van der Waals surface area contributed by atoms with Crippen molar-refractivity contribution in [1.29, 1.82) is 0 Å². The second-order valence-corrected chi connectivity index (χ2v) is 5.10. The van der Waals surface area contributed by atoms with E-state index in [1.54, 1.807) is 12.2 Å². The number of rotatable bonds is 4. The number of hydrogen-bond acceptors (Lipinski definition) is 3. The number of hydrogen-bond donors (Lipinski definition) is 0. The summed E-state index contributed by atoms with van der Waals surface area (Å²) >= 11 is 5.21. The van der Waals surface area contributed by atoms with Gasteiger partial charge in [-0.25, -0.2) is 0 Å². The number of thiocarbonyl (C=S) groups is 1. The van der Waals surface area contributed by atoms with Gasteiger partial charge in [0.25, 0.3) is 11.8 Å². The smallest absolute Gasteiger partial charge is 0.265 e. The molecule has 0 aliphatic carbocycles. The van der Waals surface area contributed by atoms with Crippen molar-refractivity contribution in [1.82, 2.24) is 9.80 Å². The minimum atomic E-state index is -0.333. The number of likely N-dealkylation sites (N-methyl/N-ethyl adjacent to an activating group) is 2. The summed E-state index contributed by atoms with van der Waals surface area (Å²) in [7, 11) is 0. The molecule has 0 aromatic heterocycles. The Hall–Kier alpha value is -2.27. The van der Waals surface area contributed by atoms with Gasteiger partial charge in [-0.3, -0.25) is 19.4 Å². The Morgan fingerprint density at radius 3 is 2.05 bits per heavy atom. The molecular formula is C17H18N2O2S. The lowest BCUT2D eigenvalue weighted by atomic mass is 10.1. The van der Waals surface area contributed by atoms with E-state index in [1.165, 1.54) is 9.80 Å². The first kappa shape index (κ1) is 16.1. The molecule has 0 unspecified atom stereocenters. The van der Waals surface area contributed by atoms with Crippen LogP contribution < -0.4 is 0 Å². The molecule has 1 aliphatic heterocycles. The van der Waals surface area contributed by atoms with Crippen molar-refractivity contribution in [2.75, 3.05) is 13.1 Å². The van der Waals surface area contributed by atoms with Crippen LogP contribution in [-0.4, -0.2) is 39.8 Å². The highest BCUT2D eigenvalue weighted by molar-refractivity contribution is 7.80. The predicted molar refractivity (Wildman–Crippen MR) is 90.9 cm³/mol. The molecule has 22 heavy (non-hydrogen) atoms. The number of amides is 2. The third-order valence-electron chi connectivity index (χ3n) is 3.40. The van der Waals surface area contributed by atoms with Crippen molar-refractivity contribution in [3.05, 3.63) is 53.6 Å². The summed E-state index contributed by atoms with van der Waals surface area (Å²) < 4.78 is 0. The monoisotopic (exact) mass is 314 g/mol. The molecule has 2 rings (SSSR count). The van der Waals surface area contributed by atoms with Crippen molar-refractivity contribution < 1.29 is 9.59 Å². The third kappa shape index (κ3) is 3.14. The van der Waals surface area contributed by atoms with E-state index in [9.17, 15) is 9.59 Å². The number of benzene rings is 1. The maximum Gasteiger partial charge on any atom is 0.265 e. The van der Waals surface area contributed by atoms with E-state index in [4.69, 9.17) is 12.2 Å². The molecule has 1 aromatic rings. The molecule has 0 bridgehead atoms. The molecule has 0 saturated carbocycles. The van der Waals surface area contributed by atoms with Crippen LogP contribution in [0.3, 0.4) is 0 Å². The molecule has 1 aromatic carbocycles. The minimum absolute atomic E-state index is 0.143. The fraction of sp³-hybridized carbons (Fsp3) is 0.235. The number of allylic oxidation sites excluding steroid dienone is 2. The standard InChI is InChI=1S/C17H18N2O2S/c1-3-18-15(20)14(16(21)19(4-2)17(18)22)12-8-11-13-9-6-5-7-10-13/h5-12H,3-4H2,1-2H3/b11-8+. The summed E-state index contributed by atoms with van der Waals surface area (Å²) in [5.74, 6) is -0.667. The van der Waals surface area contributed by atoms with Crippen LogP contribution >= 0.6 is 12.2 Å². The van der Waals surface area contributed by atoms with Crippen LogP contribution in [0.15, 0.2) is 48.1 Å². The quantitative estimate of drug-likeness (QED) is 0.487. The molecule has 114 valence electrons. The zero-order chi connectivity index (χ0) is 16.1. The average molecular weight is 314 g/mol. The summed E-state index contributed by atoms with van der Waals surface area (Å²) in [5, 5.41) is 0.282. The topological polar surface area (TPSA) is 40.6 Å². The van der Waals surface area contributed by atoms with Gasteiger partial charge in [-0.2, -0.15) is 0 Å². The Labute approximate surface area is 135 Å². The first-order valence-electron chi connectivity index (χ1n) is 7.21. The van der Waals surface area contributed by atoms with E-state index in [0.717, 1.165) is 5.56 Å². The van der Waals surface area contributed by atoms with E-state index >= 15 is 0 Å². The van der Waals surface area contributed by atoms with E-state index < -0.39 is 0 Å². The molecule has 1 saturated heterocycles. The van der Waals surface area contributed by atoms with Gasteiger partial charge in [-0.1, -0.05) is 42.5 Å². The lowest BCUT2D eigenvalue weighted by Crippen LogP contribution is -2.55. The second kappa shape index (κ2) is 7.13. The minimum Gasteiger partial charge on any atom is -0.285 e. The van der Waals surface area contributed by atoms with Gasteiger partial charge in [0.05, 0.1) is 0 Å².